The van der Waals surface area contributed by atoms with E-state index in [1.807, 2.05) is 0 Å². The predicted octanol–water partition coefficient (Wildman–Crippen LogP) is 1.32. The number of fused-ring (bicyclic) bond motifs is 1. The summed E-state index contributed by atoms with van der Waals surface area (Å²) in [6.45, 7) is 0.663. The van der Waals surface area contributed by atoms with E-state index in [4.69, 9.17) is 22.1 Å². The molecule has 2 aliphatic rings. The molecule has 0 radical (unpaired) electrons. The molecular weight excluding hydrogens is 271 g/mol. The molecule has 1 aliphatic carbocycles. The van der Waals surface area contributed by atoms with Gasteiger partial charge in [0.05, 0.1) is 22.7 Å². The third-order valence-electron chi connectivity index (χ3n) is 3.93. The molecule has 19 heavy (non-hydrogen) atoms. The molecule has 3 rings (SSSR count). The van der Waals surface area contributed by atoms with Gasteiger partial charge in [-0.2, -0.15) is 0 Å². The Hall–Kier alpha value is -1.17. The first-order chi connectivity index (χ1) is 9.09. The number of benzene rings is 1. The Bertz CT molecular complexity index is 505. The molecule has 102 valence electrons. The smallest absolute Gasteiger partial charge is 0.256 e. The Morgan fingerprint density at radius 3 is 3.05 bits per heavy atom. The number of nitrogens with two attached hydrogens (primary N) is 1. The summed E-state index contributed by atoms with van der Waals surface area (Å²) in [5.74, 6) is -0.888. The minimum atomic E-state index is -0.637. The maximum atomic E-state index is 13.6. The van der Waals surface area contributed by atoms with Gasteiger partial charge in [0.15, 0.2) is 0 Å². The Kier molecular flexibility index (Phi) is 3.20. The third-order valence-corrected chi connectivity index (χ3v) is 4.25. The Balaban J connectivity index is 1.75. The molecule has 6 heteroatoms. The van der Waals surface area contributed by atoms with Crippen molar-refractivity contribution in [3.05, 3.63) is 34.6 Å². The topological polar surface area (TPSA) is 64.3 Å². The van der Waals surface area contributed by atoms with Crippen molar-refractivity contribution in [2.45, 2.75) is 24.6 Å². The Labute approximate surface area is 115 Å². The number of hydrogen-bond acceptors (Lipinski definition) is 3. The van der Waals surface area contributed by atoms with Crippen LogP contribution in [0.4, 0.5) is 4.39 Å². The largest absolute Gasteiger partial charge is 0.376 e. The molecule has 1 heterocycles. The zero-order valence-corrected chi connectivity index (χ0v) is 10.9. The van der Waals surface area contributed by atoms with Gasteiger partial charge in [-0.15, -0.1) is 0 Å². The van der Waals surface area contributed by atoms with E-state index in [-0.39, 0.29) is 28.8 Å². The zero-order chi connectivity index (χ0) is 13.6. The van der Waals surface area contributed by atoms with Crippen LogP contribution in [0.1, 0.15) is 16.8 Å². The van der Waals surface area contributed by atoms with E-state index < -0.39 is 11.7 Å². The monoisotopic (exact) mass is 284 g/mol. The number of carbonyl (C=O) groups is 1. The van der Waals surface area contributed by atoms with Gasteiger partial charge in [0.25, 0.3) is 5.91 Å². The van der Waals surface area contributed by atoms with Crippen LogP contribution in [0.2, 0.25) is 5.02 Å². The maximum Gasteiger partial charge on any atom is 0.256 e. The van der Waals surface area contributed by atoms with Gasteiger partial charge in [-0.25, -0.2) is 4.39 Å². The summed E-state index contributed by atoms with van der Waals surface area (Å²) in [5.41, 5.74) is 5.85. The molecule has 1 aromatic rings. The van der Waals surface area contributed by atoms with Crippen LogP contribution in [0.5, 0.6) is 0 Å². The van der Waals surface area contributed by atoms with Crippen LogP contribution >= 0.6 is 11.6 Å². The van der Waals surface area contributed by atoms with Gasteiger partial charge in [-0.3, -0.25) is 4.79 Å². The Morgan fingerprint density at radius 1 is 1.53 bits per heavy atom. The highest BCUT2D eigenvalue weighted by atomic mass is 35.5. The number of hydrogen-bond donors (Lipinski definition) is 2. The molecule has 1 saturated carbocycles. The lowest BCUT2D eigenvalue weighted by atomic mass is 9.72. The molecule has 0 aromatic heterocycles. The van der Waals surface area contributed by atoms with Crippen molar-refractivity contribution in [2.75, 3.05) is 6.61 Å². The quantitative estimate of drug-likeness (QED) is 0.861. The summed E-state index contributed by atoms with van der Waals surface area (Å²) in [7, 11) is 0. The molecule has 1 saturated heterocycles. The van der Waals surface area contributed by atoms with Crippen LogP contribution in [-0.2, 0) is 4.74 Å². The molecule has 4 unspecified atom stereocenters. The average Bonchev–Trinajstić information content (AvgIpc) is 2.80. The SMILES string of the molecule is NC1C2CCOC2C1NC(=O)c1c(F)cccc1Cl. The van der Waals surface area contributed by atoms with Crippen LogP contribution in [0.25, 0.3) is 0 Å². The van der Waals surface area contributed by atoms with E-state index in [0.29, 0.717) is 12.5 Å². The van der Waals surface area contributed by atoms with Gasteiger partial charge in [-0.05, 0) is 18.6 Å². The summed E-state index contributed by atoms with van der Waals surface area (Å²) in [4.78, 5) is 12.1. The van der Waals surface area contributed by atoms with Crippen molar-refractivity contribution in [1.29, 1.82) is 0 Å². The second-order valence-corrected chi connectivity index (χ2v) is 5.37. The highest BCUT2D eigenvalue weighted by Crippen LogP contribution is 2.38. The van der Waals surface area contributed by atoms with Gasteiger partial charge in [0.2, 0.25) is 0 Å². The zero-order valence-electron chi connectivity index (χ0n) is 10.1. The Morgan fingerprint density at radius 2 is 2.32 bits per heavy atom. The fraction of sp³-hybridized carbons (Fsp3) is 0.462. The highest BCUT2D eigenvalue weighted by molar-refractivity contribution is 6.33. The summed E-state index contributed by atoms with van der Waals surface area (Å²) in [5, 5.41) is 2.81. The molecule has 4 atom stereocenters. The van der Waals surface area contributed by atoms with Crippen molar-refractivity contribution in [1.82, 2.24) is 5.32 Å². The van der Waals surface area contributed by atoms with Crippen LogP contribution in [0.3, 0.4) is 0 Å². The van der Waals surface area contributed by atoms with E-state index >= 15 is 0 Å². The van der Waals surface area contributed by atoms with E-state index in [2.05, 4.69) is 5.32 Å². The first-order valence-electron chi connectivity index (χ1n) is 6.21. The van der Waals surface area contributed by atoms with Crippen LogP contribution in [0, 0.1) is 11.7 Å². The lowest BCUT2D eigenvalue weighted by molar-refractivity contribution is -0.0161. The molecule has 4 nitrogen and oxygen atoms in total. The standard InChI is InChI=1S/C13H14ClFN2O2/c14-7-2-1-3-8(15)9(7)13(18)17-11-10(16)6-4-5-19-12(6)11/h1-3,6,10-12H,4-5,16H2,(H,17,18). The van der Waals surface area contributed by atoms with E-state index in [0.717, 1.165) is 6.42 Å². The van der Waals surface area contributed by atoms with E-state index in [1.54, 1.807) is 0 Å². The van der Waals surface area contributed by atoms with Crippen molar-refractivity contribution in [3.8, 4) is 0 Å². The molecule has 2 fully saturated rings. The van der Waals surface area contributed by atoms with Gasteiger partial charge < -0.3 is 15.8 Å². The minimum absolute atomic E-state index is 0.0514. The molecular formula is C13H14ClFN2O2. The number of nitrogens with one attached hydrogen (secondary N) is 1. The first kappa shape index (κ1) is 12.8. The fourth-order valence-electron chi connectivity index (χ4n) is 2.87. The highest BCUT2D eigenvalue weighted by Gasteiger charge is 2.52. The molecule has 0 bridgehead atoms. The number of carbonyl (C=O) groups excluding carboxylic acids is 1. The second-order valence-electron chi connectivity index (χ2n) is 4.96. The van der Waals surface area contributed by atoms with Crippen molar-refractivity contribution in [2.24, 2.45) is 11.7 Å². The van der Waals surface area contributed by atoms with E-state index in [9.17, 15) is 9.18 Å². The van der Waals surface area contributed by atoms with Gasteiger partial charge in [-0.1, -0.05) is 17.7 Å². The van der Waals surface area contributed by atoms with Crippen molar-refractivity contribution >= 4 is 17.5 Å². The minimum Gasteiger partial charge on any atom is -0.376 e. The van der Waals surface area contributed by atoms with Crippen LogP contribution in [-0.4, -0.2) is 30.7 Å². The molecule has 1 amide bonds. The number of ether oxygens (including phenoxy) is 1. The fourth-order valence-corrected chi connectivity index (χ4v) is 3.11. The summed E-state index contributed by atoms with van der Waals surface area (Å²) >= 11 is 5.85. The first-order valence-corrected chi connectivity index (χ1v) is 6.59. The third kappa shape index (κ3) is 2.02. The molecule has 0 spiro atoms. The van der Waals surface area contributed by atoms with Crippen LogP contribution < -0.4 is 11.1 Å². The van der Waals surface area contributed by atoms with Crippen molar-refractivity contribution < 1.29 is 13.9 Å². The lowest BCUT2D eigenvalue weighted by Crippen LogP contribution is -2.69. The number of halogens is 2. The lowest BCUT2D eigenvalue weighted by Gasteiger charge is -2.45. The number of rotatable bonds is 2. The van der Waals surface area contributed by atoms with Crippen molar-refractivity contribution in [3.63, 3.8) is 0 Å². The summed E-state index contributed by atoms with van der Waals surface area (Å²) < 4.78 is 19.1. The average molecular weight is 285 g/mol. The second kappa shape index (κ2) is 4.74. The predicted molar refractivity (Wildman–Crippen MR) is 68.5 cm³/mol. The molecule has 3 N–H and O–H groups in total. The van der Waals surface area contributed by atoms with Crippen LogP contribution in [0.15, 0.2) is 18.2 Å². The van der Waals surface area contributed by atoms with Gasteiger partial charge >= 0.3 is 0 Å². The van der Waals surface area contributed by atoms with Gasteiger partial charge in [0.1, 0.15) is 5.82 Å². The summed E-state index contributed by atoms with van der Waals surface area (Å²) in [6.07, 6.45) is 0.864. The van der Waals surface area contributed by atoms with E-state index in [1.165, 1.54) is 18.2 Å². The van der Waals surface area contributed by atoms with Gasteiger partial charge in [0, 0.05) is 18.6 Å². The summed E-state index contributed by atoms with van der Waals surface area (Å²) in [6, 6.07) is 3.74. The normalized spacial score (nSPS) is 32.6. The molecule has 1 aromatic carbocycles. The molecule has 1 aliphatic heterocycles. The maximum absolute atomic E-state index is 13.6. The number of amides is 1.